The second kappa shape index (κ2) is 15.8. The lowest BCUT2D eigenvalue weighted by Crippen LogP contribution is -2.28. The Kier molecular flexibility index (Phi) is 9.18. The minimum absolute atomic E-state index is 0.472. The molecule has 0 atom stereocenters. The van der Waals surface area contributed by atoms with Gasteiger partial charge in [-0.15, -0.1) is 0 Å². The van der Waals surface area contributed by atoms with Gasteiger partial charge in [0.25, 0.3) is 0 Å². The quantitative estimate of drug-likeness (QED) is 0.111. The van der Waals surface area contributed by atoms with Crippen molar-refractivity contribution in [3.63, 3.8) is 0 Å². The van der Waals surface area contributed by atoms with E-state index in [4.69, 9.17) is 0 Å². The van der Waals surface area contributed by atoms with Crippen molar-refractivity contribution in [3.05, 3.63) is 288 Å². The highest BCUT2D eigenvalue weighted by atomic mass is 14.5. The molecular weight excluding hydrogens is 805 g/mol. The minimum atomic E-state index is -0.472. The Morgan fingerprint density at radius 1 is 0.269 bits per heavy atom. The summed E-state index contributed by atoms with van der Waals surface area (Å²) in [6, 6.07) is 94.2. The van der Waals surface area contributed by atoms with Crippen molar-refractivity contribution in [2.45, 2.75) is 5.41 Å². The molecule has 0 aliphatic heterocycles. The van der Waals surface area contributed by atoms with Crippen molar-refractivity contribution in [2.75, 3.05) is 0 Å². The Morgan fingerprint density at radius 3 is 1.40 bits per heavy atom. The first-order chi connectivity index (χ1) is 33.3. The van der Waals surface area contributed by atoms with Gasteiger partial charge in [-0.2, -0.15) is 0 Å². The molecule has 0 N–H and O–H groups in total. The van der Waals surface area contributed by atoms with Crippen LogP contribution in [0, 0.1) is 0 Å². The van der Waals surface area contributed by atoms with Crippen LogP contribution in [0.5, 0.6) is 0 Å². The van der Waals surface area contributed by atoms with Crippen molar-refractivity contribution in [1.29, 1.82) is 0 Å². The lowest BCUT2D eigenvalue weighted by atomic mass is 9.67. The summed E-state index contributed by atoms with van der Waals surface area (Å²) in [5.74, 6) is 0. The standard InChI is InChI=1S/C67H44/c1-3-20-50(21-4-1)67(51-22-5-2-6-23-51)63-33-16-15-27-57(63)58-43-41-49(44-64(58)67)66-61-30-13-11-28-59(61)65(60-29-12-14-31-62(60)66)48-38-35-45(36-39-48)34-37-47-40-42-56(54-26-10-9-25-53(47)54)55-32-17-19-46-18-7-8-24-52(46)55/h1-44H/b37-34+. The first kappa shape index (κ1) is 38.8. The largest absolute Gasteiger partial charge is 0.0713 e. The van der Waals surface area contributed by atoms with Gasteiger partial charge < -0.3 is 0 Å². The minimum Gasteiger partial charge on any atom is -0.0622 e. The van der Waals surface area contributed by atoms with Crippen LogP contribution in [0.1, 0.15) is 33.4 Å². The fourth-order valence-electron chi connectivity index (χ4n) is 11.5. The van der Waals surface area contributed by atoms with Gasteiger partial charge in [-0.1, -0.05) is 261 Å². The van der Waals surface area contributed by atoms with Crippen molar-refractivity contribution in [1.82, 2.24) is 0 Å². The summed E-state index contributed by atoms with van der Waals surface area (Å²) in [6.45, 7) is 0. The van der Waals surface area contributed by atoms with Crippen LogP contribution < -0.4 is 0 Å². The molecule has 0 heterocycles. The second-order valence-electron chi connectivity index (χ2n) is 17.9. The molecule has 0 unspecified atom stereocenters. The molecule has 0 radical (unpaired) electrons. The predicted octanol–water partition coefficient (Wildman–Crippen LogP) is 17.8. The zero-order valence-corrected chi connectivity index (χ0v) is 36.9. The molecule has 0 heteroatoms. The zero-order chi connectivity index (χ0) is 44.3. The van der Waals surface area contributed by atoms with Crippen LogP contribution in [0.4, 0.5) is 0 Å². The van der Waals surface area contributed by atoms with E-state index < -0.39 is 5.41 Å². The fourth-order valence-corrected chi connectivity index (χ4v) is 11.5. The predicted molar refractivity (Wildman–Crippen MR) is 285 cm³/mol. The van der Waals surface area contributed by atoms with E-state index in [2.05, 4.69) is 267 Å². The highest BCUT2D eigenvalue weighted by Gasteiger charge is 2.46. The first-order valence-electron chi connectivity index (χ1n) is 23.3. The average molecular weight is 849 g/mol. The van der Waals surface area contributed by atoms with Gasteiger partial charge in [-0.05, 0) is 127 Å². The van der Waals surface area contributed by atoms with Gasteiger partial charge in [-0.25, -0.2) is 0 Å². The van der Waals surface area contributed by atoms with Gasteiger partial charge in [-0.3, -0.25) is 0 Å². The van der Waals surface area contributed by atoms with Crippen molar-refractivity contribution >= 4 is 55.2 Å². The van der Waals surface area contributed by atoms with Crippen LogP contribution in [-0.2, 0) is 5.41 Å². The molecule has 12 aromatic carbocycles. The highest BCUT2D eigenvalue weighted by molar-refractivity contribution is 6.21. The van der Waals surface area contributed by atoms with Gasteiger partial charge >= 0.3 is 0 Å². The van der Waals surface area contributed by atoms with Crippen LogP contribution in [0.3, 0.4) is 0 Å². The second-order valence-corrected chi connectivity index (χ2v) is 17.9. The topological polar surface area (TPSA) is 0 Å². The van der Waals surface area contributed by atoms with Gasteiger partial charge in [0.1, 0.15) is 0 Å². The Morgan fingerprint density at radius 2 is 0.731 bits per heavy atom. The molecule has 1 aliphatic rings. The summed E-state index contributed by atoms with van der Waals surface area (Å²) in [6.07, 6.45) is 4.52. The lowest BCUT2D eigenvalue weighted by Gasteiger charge is -2.34. The van der Waals surface area contributed by atoms with E-state index >= 15 is 0 Å². The number of rotatable bonds is 7. The van der Waals surface area contributed by atoms with Crippen LogP contribution in [0.25, 0.3) is 99.7 Å². The molecule has 0 fully saturated rings. The molecule has 0 bridgehead atoms. The smallest absolute Gasteiger partial charge is 0.0622 e. The first-order valence-corrected chi connectivity index (χ1v) is 23.3. The molecule has 13 rings (SSSR count). The molecular formula is C67H44. The summed E-state index contributed by atoms with van der Waals surface area (Å²) in [5.41, 5.74) is 17.1. The lowest BCUT2D eigenvalue weighted by molar-refractivity contribution is 0.769. The van der Waals surface area contributed by atoms with Crippen molar-refractivity contribution < 1.29 is 0 Å². The molecule has 1 aliphatic carbocycles. The van der Waals surface area contributed by atoms with E-state index in [1.54, 1.807) is 0 Å². The number of benzene rings is 12. The molecule has 0 amide bonds. The molecule has 0 spiro atoms. The van der Waals surface area contributed by atoms with E-state index in [-0.39, 0.29) is 0 Å². The molecule has 0 nitrogen and oxygen atoms in total. The van der Waals surface area contributed by atoms with Gasteiger partial charge in [0.2, 0.25) is 0 Å². The van der Waals surface area contributed by atoms with Crippen molar-refractivity contribution in [3.8, 4) is 44.5 Å². The molecule has 312 valence electrons. The van der Waals surface area contributed by atoms with E-state index in [9.17, 15) is 0 Å². The van der Waals surface area contributed by atoms with E-state index in [0.717, 1.165) is 5.56 Å². The fraction of sp³-hybridized carbons (Fsp3) is 0.0149. The van der Waals surface area contributed by atoms with E-state index in [0.29, 0.717) is 0 Å². The highest BCUT2D eigenvalue weighted by Crippen LogP contribution is 2.57. The normalized spacial score (nSPS) is 12.8. The SMILES string of the molecule is C(=C\c1ccc(-c2cccc3ccccc23)c2ccccc12)/c1ccc(-c2c3ccccc3c(-c3ccc4c(c3)C(c3ccccc3)(c3ccccc3)c3ccccc3-4)c3ccccc23)cc1. The molecule has 0 saturated carbocycles. The molecule has 0 aromatic heterocycles. The third kappa shape index (κ3) is 6.14. The Balaban J connectivity index is 0.920. The van der Waals surface area contributed by atoms with E-state index in [1.165, 1.54) is 115 Å². The molecule has 12 aromatic rings. The average Bonchev–Trinajstić information content (AvgIpc) is 3.70. The monoisotopic (exact) mass is 848 g/mol. The maximum atomic E-state index is 2.50. The third-order valence-electron chi connectivity index (χ3n) is 14.4. The molecule has 0 saturated heterocycles. The summed E-state index contributed by atoms with van der Waals surface area (Å²) >= 11 is 0. The van der Waals surface area contributed by atoms with Crippen molar-refractivity contribution in [2.24, 2.45) is 0 Å². The summed E-state index contributed by atoms with van der Waals surface area (Å²) in [7, 11) is 0. The third-order valence-corrected chi connectivity index (χ3v) is 14.4. The molecule has 67 heavy (non-hydrogen) atoms. The van der Waals surface area contributed by atoms with Crippen LogP contribution in [0.15, 0.2) is 255 Å². The number of hydrogen-bond donors (Lipinski definition) is 0. The Bertz CT molecular complexity index is 3790. The summed E-state index contributed by atoms with van der Waals surface area (Å²) < 4.78 is 0. The van der Waals surface area contributed by atoms with Crippen LogP contribution >= 0.6 is 0 Å². The zero-order valence-electron chi connectivity index (χ0n) is 36.9. The maximum absolute atomic E-state index is 2.50. The van der Waals surface area contributed by atoms with Gasteiger partial charge in [0, 0.05) is 0 Å². The Labute approximate surface area is 391 Å². The van der Waals surface area contributed by atoms with Crippen LogP contribution in [0.2, 0.25) is 0 Å². The summed E-state index contributed by atoms with van der Waals surface area (Å²) in [4.78, 5) is 0. The van der Waals surface area contributed by atoms with E-state index in [1.807, 2.05) is 0 Å². The summed E-state index contributed by atoms with van der Waals surface area (Å²) in [5, 5.41) is 10.0. The number of fused-ring (bicyclic) bond motifs is 7. The van der Waals surface area contributed by atoms with Gasteiger partial charge in [0.15, 0.2) is 0 Å². The van der Waals surface area contributed by atoms with Gasteiger partial charge in [0.05, 0.1) is 5.41 Å². The number of hydrogen-bond acceptors (Lipinski definition) is 0. The van der Waals surface area contributed by atoms with Crippen LogP contribution in [-0.4, -0.2) is 0 Å². The Hall–Kier alpha value is -8.58. The maximum Gasteiger partial charge on any atom is 0.0713 e.